The van der Waals surface area contributed by atoms with E-state index in [2.05, 4.69) is 64.1 Å². The van der Waals surface area contributed by atoms with Gasteiger partial charge in [0, 0.05) is 19.3 Å². The molecule has 1 fully saturated rings. The van der Waals surface area contributed by atoms with Crippen molar-refractivity contribution in [2.45, 2.75) is 78.2 Å². The third-order valence-corrected chi connectivity index (χ3v) is 6.90. The van der Waals surface area contributed by atoms with Gasteiger partial charge in [-0.15, -0.1) is 0 Å². The first-order valence-corrected chi connectivity index (χ1v) is 10.8. The van der Waals surface area contributed by atoms with Crippen molar-refractivity contribution >= 4 is 5.97 Å². The molecule has 1 unspecified atom stereocenters. The van der Waals surface area contributed by atoms with E-state index < -0.39 is 0 Å². The number of fused-ring (bicyclic) bond motifs is 1. The second-order valence-electron chi connectivity index (χ2n) is 9.76. The SMILES string of the molecule is COc1ccc([C@]2(C)CC3=CC[C@H](OC(C)=O)[C@H]3C(C)(CCC=C(C)C)C2)cc1. The smallest absolute Gasteiger partial charge is 0.302 e. The summed E-state index contributed by atoms with van der Waals surface area (Å²) in [5.74, 6) is 1.05. The zero-order valence-electron chi connectivity index (χ0n) is 18.9. The minimum absolute atomic E-state index is 0.0142. The minimum atomic E-state index is -0.167. The number of esters is 1. The quantitative estimate of drug-likeness (QED) is 0.413. The lowest BCUT2D eigenvalue weighted by atomic mass is 9.53. The largest absolute Gasteiger partial charge is 0.497 e. The monoisotopic (exact) mass is 396 g/mol. The molecule has 0 spiro atoms. The van der Waals surface area contributed by atoms with Gasteiger partial charge in [0.1, 0.15) is 11.9 Å². The summed E-state index contributed by atoms with van der Waals surface area (Å²) in [5, 5.41) is 0. The van der Waals surface area contributed by atoms with Gasteiger partial charge < -0.3 is 9.47 Å². The van der Waals surface area contributed by atoms with Crippen LogP contribution in [0.5, 0.6) is 5.75 Å². The van der Waals surface area contributed by atoms with E-state index in [0.29, 0.717) is 5.92 Å². The van der Waals surface area contributed by atoms with Gasteiger partial charge in [-0.2, -0.15) is 0 Å². The highest BCUT2D eigenvalue weighted by atomic mass is 16.5. The molecule has 4 atom stereocenters. The van der Waals surface area contributed by atoms with Gasteiger partial charge in [-0.25, -0.2) is 0 Å². The highest BCUT2D eigenvalue weighted by Crippen LogP contribution is 2.59. The zero-order chi connectivity index (χ0) is 21.2. The summed E-state index contributed by atoms with van der Waals surface area (Å²) in [5.41, 5.74) is 4.35. The average molecular weight is 397 g/mol. The second kappa shape index (κ2) is 8.38. The maximum Gasteiger partial charge on any atom is 0.302 e. The van der Waals surface area contributed by atoms with Crippen molar-refractivity contribution in [1.82, 2.24) is 0 Å². The summed E-state index contributed by atoms with van der Waals surface area (Å²) < 4.78 is 11.1. The Morgan fingerprint density at radius 3 is 2.45 bits per heavy atom. The molecule has 1 saturated carbocycles. The maximum atomic E-state index is 11.7. The fraction of sp³-hybridized carbons (Fsp3) is 0.577. The van der Waals surface area contributed by atoms with Crippen molar-refractivity contribution in [2.24, 2.45) is 11.3 Å². The van der Waals surface area contributed by atoms with Gasteiger partial charge in [0.2, 0.25) is 0 Å². The van der Waals surface area contributed by atoms with Crippen LogP contribution in [0.15, 0.2) is 47.6 Å². The van der Waals surface area contributed by atoms with Crippen LogP contribution in [0.25, 0.3) is 0 Å². The summed E-state index contributed by atoms with van der Waals surface area (Å²) in [6.45, 7) is 10.7. The molecular formula is C26H36O3. The van der Waals surface area contributed by atoms with E-state index in [9.17, 15) is 4.79 Å². The average Bonchev–Trinajstić information content (AvgIpc) is 3.03. The third-order valence-electron chi connectivity index (χ3n) is 6.90. The van der Waals surface area contributed by atoms with Crippen molar-refractivity contribution < 1.29 is 14.3 Å². The molecule has 3 nitrogen and oxygen atoms in total. The number of hydrogen-bond donors (Lipinski definition) is 0. The Morgan fingerprint density at radius 2 is 1.86 bits per heavy atom. The number of carbonyl (C=O) groups is 1. The molecule has 0 aliphatic heterocycles. The predicted molar refractivity (Wildman–Crippen MR) is 118 cm³/mol. The Labute approximate surface area is 176 Å². The summed E-state index contributed by atoms with van der Waals surface area (Å²) >= 11 is 0. The Kier molecular flexibility index (Phi) is 6.26. The first-order valence-electron chi connectivity index (χ1n) is 10.8. The molecule has 0 radical (unpaired) electrons. The molecule has 1 aromatic rings. The second-order valence-corrected chi connectivity index (χ2v) is 9.76. The normalized spacial score (nSPS) is 30.9. The van der Waals surface area contributed by atoms with Crippen LogP contribution in [-0.2, 0) is 14.9 Å². The first-order chi connectivity index (χ1) is 13.7. The van der Waals surface area contributed by atoms with Crippen molar-refractivity contribution in [1.29, 1.82) is 0 Å². The van der Waals surface area contributed by atoms with Crippen LogP contribution in [0.2, 0.25) is 0 Å². The van der Waals surface area contributed by atoms with Crippen molar-refractivity contribution in [3.05, 3.63) is 53.1 Å². The van der Waals surface area contributed by atoms with Crippen LogP contribution < -0.4 is 4.74 Å². The molecule has 0 amide bonds. The standard InChI is InChI=1S/C26H36O3/c1-18(2)8-7-15-25(4)17-26(5,21-10-12-22(28-6)13-11-21)16-20-9-14-23(24(20)25)29-19(3)27/h8-13,23-24H,7,14-17H2,1-6H3/t23-,24-,25?,26+/m0/s1. The number of hydrogen-bond acceptors (Lipinski definition) is 3. The first kappa shape index (κ1) is 21.7. The van der Waals surface area contributed by atoms with E-state index in [1.54, 1.807) is 7.11 Å². The molecule has 3 rings (SSSR count). The Bertz CT molecular complexity index is 800. The molecule has 0 bridgehead atoms. The van der Waals surface area contributed by atoms with E-state index in [0.717, 1.165) is 37.9 Å². The van der Waals surface area contributed by atoms with Crippen LogP contribution in [-0.4, -0.2) is 19.2 Å². The van der Waals surface area contributed by atoms with Gasteiger partial charge in [-0.05, 0) is 68.1 Å². The molecule has 0 heterocycles. The van der Waals surface area contributed by atoms with Gasteiger partial charge in [-0.1, -0.05) is 49.3 Å². The van der Waals surface area contributed by atoms with Gasteiger partial charge >= 0.3 is 5.97 Å². The minimum Gasteiger partial charge on any atom is -0.497 e. The van der Waals surface area contributed by atoms with E-state index in [1.807, 2.05) is 0 Å². The number of methoxy groups -OCH3 is 1. The van der Waals surface area contributed by atoms with Crippen LogP contribution in [0.4, 0.5) is 0 Å². The zero-order valence-corrected chi connectivity index (χ0v) is 18.9. The molecule has 158 valence electrons. The number of rotatable bonds is 6. The molecule has 0 saturated heterocycles. The summed E-state index contributed by atoms with van der Waals surface area (Å²) in [7, 11) is 1.71. The van der Waals surface area contributed by atoms with E-state index in [-0.39, 0.29) is 22.9 Å². The van der Waals surface area contributed by atoms with Gasteiger partial charge in [0.25, 0.3) is 0 Å². The molecule has 29 heavy (non-hydrogen) atoms. The van der Waals surface area contributed by atoms with E-state index in [1.165, 1.54) is 23.6 Å². The topological polar surface area (TPSA) is 35.5 Å². The van der Waals surface area contributed by atoms with Crippen LogP contribution in [0.3, 0.4) is 0 Å². The molecular weight excluding hydrogens is 360 g/mol. The molecule has 1 aromatic carbocycles. The maximum absolute atomic E-state index is 11.7. The molecule has 2 aliphatic carbocycles. The Morgan fingerprint density at radius 1 is 1.17 bits per heavy atom. The number of ether oxygens (including phenoxy) is 2. The van der Waals surface area contributed by atoms with Crippen LogP contribution in [0, 0.1) is 11.3 Å². The van der Waals surface area contributed by atoms with Crippen molar-refractivity contribution in [3.8, 4) is 5.75 Å². The Balaban J connectivity index is 1.94. The fourth-order valence-corrected chi connectivity index (χ4v) is 5.82. The highest BCUT2D eigenvalue weighted by Gasteiger charge is 2.53. The Hall–Kier alpha value is -2.03. The number of carbonyl (C=O) groups excluding carboxylic acids is 1. The van der Waals surface area contributed by atoms with E-state index in [4.69, 9.17) is 9.47 Å². The number of benzene rings is 1. The third kappa shape index (κ3) is 4.60. The predicted octanol–water partition coefficient (Wildman–Crippen LogP) is 6.38. The summed E-state index contributed by atoms with van der Waals surface area (Å²) in [6, 6.07) is 8.57. The van der Waals surface area contributed by atoms with Crippen LogP contribution >= 0.6 is 0 Å². The van der Waals surface area contributed by atoms with Crippen LogP contribution in [0.1, 0.15) is 72.3 Å². The fourth-order valence-electron chi connectivity index (χ4n) is 5.82. The van der Waals surface area contributed by atoms with Crippen molar-refractivity contribution in [3.63, 3.8) is 0 Å². The molecule has 0 aromatic heterocycles. The number of allylic oxidation sites excluding steroid dienone is 2. The van der Waals surface area contributed by atoms with Gasteiger partial charge in [0.05, 0.1) is 7.11 Å². The highest BCUT2D eigenvalue weighted by molar-refractivity contribution is 5.66. The molecule has 3 heteroatoms. The lowest BCUT2D eigenvalue weighted by Gasteiger charge is -2.51. The summed E-state index contributed by atoms with van der Waals surface area (Å²) in [6.07, 6.45) is 9.79. The lowest BCUT2D eigenvalue weighted by Crippen LogP contribution is -2.46. The summed E-state index contributed by atoms with van der Waals surface area (Å²) in [4.78, 5) is 11.7. The molecule has 2 aliphatic rings. The molecule has 0 N–H and O–H groups in total. The van der Waals surface area contributed by atoms with Gasteiger partial charge in [-0.3, -0.25) is 4.79 Å². The van der Waals surface area contributed by atoms with Crippen molar-refractivity contribution in [2.75, 3.05) is 7.11 Å². The lowest BCUT2D eigenvalue weighted by molar-refractivity contribution is -0.150. The van der Waals surface area contributed by atoms with E-state index >= 15 is 0 Å². The van der Waals surface area contributed by atoms with Gasteiger partial charge in [0.15, 0.2) is 0 Å².